The molecule has 1 unspecified atom stereocenters. The van der Waals surface area contributed by atoms with Gasteiger partial charge in [0.15, 0.2) is 11.5 Å². The highest BCUT2D eigenvalue weighted by Gasteiger charge is 2.48. The fourth-order valence-electron chi connectivity index (χ4n) is 6.02. The summed E-state index contributed by atoms with van der Waals surface area (Å²) in [6, 6.07) is 18.8. The minimum Gasteiger partial charge on any atom is -0.494 e. The number of aryl methyl sites for hydroxylation is 2. The van der Waals surface area contributed by atoms with Gasteiger partial charge in [0.05, 0.1) is 19.1 Å². The molecule has 3 aromatic carbocycles. The Morgan fingerprint density at radius 1 is 0.951 bits per heavy atom. The molecule has 8 heteroatoms. The van der Waals surface area contributed by atoms with Gasteiger partial charge in [-0.15, -0.1) is 0 Å². The Bertz CT molecular complexity index is 1370. The summed E-state index contributed by atoms with van der Waals surface area (Å²) in [7, 11) is 0. The second-order valence-electron chi connectivity index (χ2n) is 10.6. The van der Waals surface area contributed by atoms with Crippen LogP contribution in [-0.4, -0.2) is 48.4 Å². The Morgan fingerprint density at radius 3 is 2.29 bits per heavy atom. The molecule has 1 fully saturated rings. The number of para-hydroxylation sites is 1. The van der Waals surface area contributed by atoms with Crippen LogP contribution in [0.1, 0.15) is 61.4 Å². The predicted octanol–water partition coefficient (Wildman–Crippen LogP) is 5.81. The molecular formula is C33H38N2O6. The summed E-state index contributed by atoms with van der Waals surface area (Å²) < 4.78 is 16.8. The zero-order valence-electron chi connectivity index (χ0n) is 23.9. The third kappa shape index (κ3) is 6.03. The molecule has 0 aliphatic carbocycles. The highest BCUT2D eigenvalue weighted by atomic mass is 16.7. The van der Waals surface area contributed by atoms with E-state index < -0.39 is 17.9 Å². The number of hydrogen-bond acceptors (Lipinski definition) is 6. The minimum atomic E-state index is -0.906. The summed E-state index contributed by atoms with van der Waals surface area (Å²) in [6.07, 6.45) is 2.50. The molecule has 0 bridgehead atoms. The third-order valence-corrected chi connectivity index (χ3v) is 8.01. The van der Waals surface area contributed by atoms with Crippen molar-refractivity contribution in [3.63, 3.8) is 0 Å². The van der Waals surface area contributed by atoms with Crippen LogP contribution in [0.25, 0.3) is 0 Å². The maximum atomic E-state index is 13.6. The first-order chi connectivity index (χ1) is 19.9. The van der Waals surface area contributed by atoms with Crippen molar-refractivity contribution in [2.75, 3.05) is 31.8 Å². The van der Waals surface area contributed by atoms with Gasteiger partial charge in [0.1, 0.15) is 5.75 Å². The molecule has 216 valence electrons. The molecule has 3 aromatic rings. The van der Waals surface area contributed by atoms with E-state index in [2.05, 4.69) is 19.2 Å². The highest BCUT2D eigenvalue weighted by molar-refractivity contribution is 5.94. The van der Waals surface area contributed by atoms with E-state index in [1.54, 1.807) is 0 Å². The topological polar surface area (TPSA) is 97.3 Å². The number of likely N-dealkylation sites (tertiary alicyclic amines) is 1. The molecule has 3 atom stereocenters. The molecule has 5 rings (SSSR count). The first kappa shape index (κ1) is 28.5. The number of hydrogen-bond donors (Lipinski definition) is 2. The fourth-order valence-corrected chi connectivity index (χ4v) is 6.02. The van der Waals surface area contributed by atoms with Crippen LogP contribution >= 0.6 is 0 Å². The number of benzene rings is 3. The largest absolute Gasteiger partial charge is 0.494 e. The number of carboxylic acids is 1. The van der Waals surface area contributed by atoms with Gasteiger partial charge in [-0.2, -0.15) is 0 Å². The standard InChI is InChI=1S/C33H38N2O6/c1-4-16-39-25-13-10-23(11-14-25)32-30(33(37)38)26(24-12-15-27-28(17-24)41-20-40-27)18-35(32)19-29(36)34-31-21(5-2)8-7-9-22(31)6-3/h7-15,17,26,30,32H,4-6,16,18-20H2,1-3H3,(H,34,36)(H,37,38)/t26?,30-,32+/m1/s1. The van der Waals surface area contributed by atoms with Gasteiger partial charge in [-0.25, -0.2) is 0 Å². The van der Waals surface area contributed by atoms with Crippen molar-refractivity contribution in [2.45, 2.75) is 52.0 Å². The van der Waals surface area contributed by atoms with Crippen LogP contribution in [0, 0.1) is 5.92 Å². The maximum Gasteiger partial charge on any atom is 0.309 e. The van der Waals surface area contributed by atoms with E-state index in [-0.39, 0.29) is 25.2 Å². The zero-order valence-corrected chi connectivity index (χ0v) is 23.9. The van der Waals surface area contributed by atoms with Crippen LogP contribution in [-0.2, 0) is 22.4 Å². The number of rotatable bonds is 11. The quantitative estimate of drug-likeness (QED) is 0.307. The SMILES string of the molecule is CCCOc1ccc([C@H]2[C@H](C(=O)O)C(c3ccc4c(c3)OCO4)CN2CC(=O)Nc2c(CC)cccc2CC)cc1. The van der Waals surface area contributed by atoms with Crippen molar-refractivity contribution in [3.8, 4) is 17.2 Å². The van der Waals surface area contributed by atoms with Crippen LogP contribution in [0.5, 0.6) is 17.2 Å². The van der Waals surface area contributed by atoms with Gasteiger partial charge in [-0.05, 0) is 65.8 Å². The predicted molar refractivity (Wildman–Crippen MR) is 157 cm³/mol. The first-order valence-corrected chi connectivity index (χ1v) is 14.4. The van der Waals surface area contributed by atoms with Crippen LogP contribution in [0.4, 0.5) is 5.69 Å². The van der Waals surface area contributed by atoms with Crippen molar-refractivity contribution in [1.29, 1.82) is 0 Å². The molecule has 2 N–H and O–H groups in total. The molecule has 1 amide bonds. The van der Waals surface area contributed by atoms with Gasteiger partial charge < -0.3 is 24.6 Å². The average molecular weight is 559 g/mol. The summed E-state index contributed by atoms with van der Waals surface area (Å²) in [5.41, 5.74) is 4.71. The van der Waals surface area contributed by atoms with Crippen molar-refractivity contribution in [2.24, 2.45) is 5.92 Å². The van der Waals surface area contributed by atoms with Crippen LogP contribution in [0.2, 0.25) is 0 Å². The molecule has 0 saturated carbocycles. The molecule has 2 aliphatic heterocycles. The molecular weight excluding hydrogens is 520 g/mol. The Kier molecular flexibility index (Phi) is 8.78. The van der Waals surface area contributed by atoms with Crippen LogP contribution in [0.15, 0.2) is 60.7 Å². The van der Waals surface area contributed by atoms with E-state index in [1.807, 2.05) is 72.5 Å². The Morgan fingerprint density at radius 2 is 1.63 bits per heavy atom. The van der Waals surface area contributed by atoms with Crippen molar-refractivity contribution in [3.05, 3.63) is 82.9 Å². The molecule has 0 aromatic heterocycles. The molecule has 8 nitrogen and oxygen atoms in total. The monoisotopic (exact) mass is 558 g/mol. The first-order valence-electron chi connectivity index (χ1n) is 14.4. The number of aliphatic carboxylic acids is 1. The molecule has 2 heterocycles. The van der Waals surface area contributed by atoms with E-state index >= 15 is 0 Å². The molecule has 0 radical (unpaired) electrons. The average Bonchev–Trinajstić information content (AvgIpc) is 3.61. The number of carbonyl (C=O) groups excluding carboxylic acids is 1. The van der Waals surface area contributed by atoms with Gasteiger partial charge in [-0.1, -0.05) is 57.2 Å². The van der Waals surface area contributed by atoms with Crippen molar-refractivity contribution >= 4 is 17.6 Å². The van der Waals surface area contributed by atoms with E-state index in [9.17, 15) is 14.7 Å². The summed E-state index contributed by atoms with van der Waals surface area (Å²) >= 11 is 0. The highest BCUT2D eigenvalue weighted by Crippen LogP contribution is 2.47. The van der Waals surface area contributed by atoms with Gasteiger partial charge in [0.2, 0.25) is 12.7 Å². The smallest absolute Gasteiger partial charge is 0.309 e. The lowest BCUT2D eigenvalue weighted by Gasteiger charge is -2.27. The lowest BCUT2D eigenvalue weighted by molar-refractivity contribution is -0.143. The second kappa shape index (κ2) is 12.6. The molecule has 1 saturated heterocycles. The van der Waals surface area contributed by atoms with Crippen molar-refractivity contribution in [1.82, 2.24) is 4.90 Å². The van der Waals surface area contributed by atoms with Gasteiger partial charge in [-0.3, -0.25) is 14.5 Å². The minimum absolute atomic E-state index is 0.0603. The van der Waals surface area contributed by atoms with E-state index in [0.717, 1.165) is 53.0 Å². The number of ether oxygens (including phenoxy) is 3. The lowest BCUT2D eigenvalue weighted by atomic mass is 9.82. The fraction of sp³-hybridized carbons (Fsp3) is 0.394. The number of carboxylic acid groups (broad SMARTS) is 1. The molecule has 41 heavy (non-hydrogen) atoms. The zero-order chi connectivity index (χ0) is 28.9. The van der Waals surface area contributed by atoms with Gasteiger partial charge in [0.25, 0.3) is 0 Å². The van der Waals surface area contributed by atoms with Crippen LogP contribution in [0.3, 0.4) is 0 Å². The number of carbonyl (C=O) groups is 2. The van der Waals surface area contributed by atoms with E-state index in [0.29, 0.717) is 24.7 Å². The maximum absolute atomic E-state index is 13.6. The number of anilines is 1. The second-order valence-corrected chi connectivity index (χ2v) is 10.6. The van der Waals surface area contributed by atoms with Gasteiger partial charge >= 0.3 is 5.97 Å². The van der Waals surface area contributed by atoms with E-state index in [1.165, 1.54) is 0 Å². The Labute approximate surface area is 241 Å². The summed E-state index contributed by atoms with van der Waals surface area (Å²) in [5.74, 6) is -0.207. The summed E-state index contributed by atoms with van der Waals surface area (Å²) in [6.45, 7) is 7.41. The lowest BCUT2D eigenvalue weighted by Crippen LogP contribution is -2.35. The molecule has 0 spiro atoms. The van der Waals surface area contributed by atoms with Gasteiger partial charge in [0, 0.05) is 24.2 Å². The number of amides is 1. The molecule has 2 aliphatic rings. The van der Waals surface area contributed by atoms with Crippen molar-refractivity contribution < 1.29 is 28.9 Å². The van der Waals surface area contributed by atoms with E-state index in [4.69, 9.17) is 14.2 Å². The summed E-state index contributed by atoms with van der Waals surface area (Å²) in [5, 5.41) is 13.7. The normalized spacial score (nSPS) is 19.7. The Balaban J connectivity index is 1.47. The third-order valence-electron chi connectivity index (χ3n) is 8.01. The number of fused-ring (bicyclic) bond motifs is 1. The number of nitrogens with zero attached hydrogens (tertiary/aromatic N) is 1. The summed E-state index contributed by atoms with van der Waals surface area (Å²) in [4.78, 5) is 28.5. The Hall–Kier alpha value is -4.04. The van der Waals surface area contributed by atoms with Crippen LogP contribution < -0.4 is 19.5 Å². The number of nitrogens with one attached hydrogen (secondary N) is 1.